The van der Waals surface area contributed by atoms with Crippen LogP contribution in [0.1, 0.15) is 46.3 Å². The molecule has 4 aromatic carbocycles. The topological polar surface area (TPSA) is 130 Å². The van der Waals surface area contributed by atoms with Gasteiger partial charge in [-0.05, 0) is 72.4 Å². The number of hydrogen-bond donors (Lipinski definition) is 3. The summed E-state index contributed by atoms with van der Waals surface area (Å²) < 4.78 is 24.5. The largest absolute Gasteiger partial charge is 0.497 e. The number of aromatic nitrogens is 2. The quantitative estimate of drug-likeness (QED) is 0.128. The first kappa shape index (κ1) is 32.5. The number of amides is 1. The van der Waals surface area contributed by atoms with Crippen LogP contribution in [-0.4, -0.2) is 49.0 Å². The average molecular weight is 646 g/mol. The molecule has 1 aliphatic rings. The molecule has 246 valence electrons. The molecule has 6 rings (SSSR count). The van der Waals surface area contributed by atoms with Crippen molar-refractivity contribution in [3.63, 3.8) is 0 Å². The lowest BCUT2D eigenvalue weighted by Gasteiger charge is -2.38. The summed E-state index contributed by atoms with van der Waals surface area (Å²) in [5, 5.41) is 6.10. The molecule has 0 spiro atoms. The minimum atomic E-state index is -0.952. The highest BCUT2D eigenvalue weighted by Crippen LogP contribution is 2.42. The number of anilines is 3. The number of rotatable bonds is 12. The monoisotopic (exact) mass is 645 g/mol. The van der Waals surface area contributed by atoms with Gasteiger partial charge in [0.2, 0.25) is 0 Å². The van der Waals surface area contributed by atoms with E-state index in [-0.39, 0.29) is 29.7 Å². The fourth-order valence-electron chi connectivity index (χ4n) is 5.95. The van der Waals surface area contributed by atoms with Crippen molar-refractivity contribution >= 4 is 23.2 Å². The number of carbonyl (C=O) groups excluding carboxylic acids is 1. The van der Waals surface area contributed by atoms with Crippen molar-refractivity contribution in [3.8, 4) is 11.5 Å². The lowest BCUT2D eigenvalue weighted by atomic mass is 9.80. The van der Waals surface area contributed by atoms with Crippen molar-refractivity contribution in [2.24, 2.45) is 0 Å². The Balaban J connectivity index is 1.23. The second-order valence-corrected chi connectivity index (χ2v) is 11.4. The third kappa shape index (κ3) is 7.10. The number of methoxy groups -OCH3 is 2. The maximum atomic E-state index is 12.7. The summed E-state index contributed by atoms with van der Waals surface area (Å²) in [5.41, 5.74) is 9.06. The van der Waals surface area contributed by atoms with Crippen molar-refractivity contribution in [2.45, 2.75) is 37.2 Å². The Hall–Kier alpha value is -5.45. The predicted molar refractivity (Wildman–Crippen MR) is 185 cm³/mol. The standard InChI is InChI=1S/C38H39N5O5/c1-45-30-20-16-28(17-21-30)38(27-12-7-4-8-13-27,29-18-22-31(46-2)23-19-29)47-24-32-14-9-15-33(48-32)42-35-34(39)36(41-25-40-35)43-37(44)26-10-5-3-6-11-26/h3-8,10-13,16-23,25,32-33H,9,14-15,24,39H2,1-2H3,(H2,40,41,42,43,44)/t32-,33+/m0/s1. The zero-order valence-electron chi connectivity index (χ0n) is 27.0. The average Bonchev–Trinajstić information content (AvgIpc) is 3.15. The highest BCUT2D eigenvalue weighted by Gasteiger charge is 2.39. The van der Waals surface area contributed by atoms with Crippen LogP contribution in [0.5, 0.6) is 11.5 Å². The van der Waals surface area contributed by atoms with Crippen LogP contribution in [0.15, 0.2) is 116 Å². The van der Waals surface area contributed by atoms with E-state index in [2.05, 4.69) is 32.7 Å². The van der Waals surface area contributed by atoms with Crippen LogP contribution >= 0.6 is 0 Å². The minimum absolute atomic E-state index is 0.226. The van der Waals surface area contributed by atoms with E-state index in [1.807, 2.05) is 72.8 Å². The number of nitrogens with zero attached hydrogens (tertiary/aromatic N) is 2. The van der Waals surface area contributed by atoms with E-state index in [0.717, 1.165) is 47.5 Å². The molecule has 0 unspecified atom stereocenters. The normalized spacial score (nSPS) is 16.1. The van der Waals surface area contributed by atoms with Gasteiger partial charge in [0.1, 0.15) is 35.3 Å². The van der Waals surface area contributed by atoms with E-state index in [9.17, 15) is 4.79 Å². The zero-order chi connectivity index (χ0) is 33.3. The van der Waals surface area contributed by atoms with Crippen molar-refractivity contribution in [2.75, 3.05) is 37.2 Å². The number of benzene rings is 4. The molecular formula is C38H39N5O5. The zero-order valence-corrected chi connectivity index (χ0v) is 27.0. The summed E-state index contributed by atoms with van der Waals surface area (Å²) in [6.07, 6.45) is 3.21. The van der Waals surface area contributed by atoms with Crippen molar-refractivity contribution in [3.05, 3.63) is 138 Å². The Kier molecular flexibility index (Phi) is 10.1. The van der Waals surface area contributed by atoms with Crippen LogP contribution in [0.3, 0.4) is 0 Å². The molecular weight excluding hydrogens is 606 g/mol. The summed E-state index contributed by atoms with van der Waals surface area (Å²) in [7, 11) is 3.31. The summed E-state index contributed by atoms with van der Waals surface area (Å²) in [4.78, 5) is 21.3. The number of nitrogens with one attached hydrogen (secondary N) is 2. The molecule has 2 atom stereocenters. The lowest BCUT2D eigenvalue weighted by molar-refractivity contribution is -0.103. The number of hydrogen-bond acceptors (Lipinski definition) is 9. The van der Waals surface area contributed by atoms with Gasteiger partial charge in [0.25, 0.3) is 5.91 Å². The van der Waals surface area contributed by atoms with Gasteiger partial charge >= 0.3 is 0 Å². The number of nitrogens with two attached hydrogens (primary N) is 1. The molecule has 10 nitrogen and oxygen atoms in total. The van der Waals surface area contributed by atoms with E-state index in [1.54, 1.807) is 38.5 Å². The Bertz CT molecular complexity index is 1740. The Morgan fingerprint density at radius 3 is 1.96 bits per heavy atom. The lowest BCUT2D eigenvalue weighted by Crippen LogP contribution is -2.40. The van der Waals surface area contributed by atoms with Gasteiger partial charge < -0.3 is 35.3 Å². The highest BCUT2D eigenvalue weighted by molar-refractivity contribution is 6.05. The van der Waals surface area contributed by atoms with Crippen LogP contribution in [0.25, 0.3) is 0 Å². The number of carbonyl (C=O) groups is 1. The van der Waals surface area contributed by atoms with Gasteiger partial charge in [0.05, 0.1) is 26.9 Å². The van der Waals surface area contributed by atoms with Gasteiger partial charge in [-0.3, -0.25) is 4.79 Å². The number of nitrogen functional groups attached to an aromatic ring is 1. The smallest absolute Gasteiger partial charge is 0.256 e. The molecule has 1 fully saturated rings. The number of ether oxygens (including phenoxy) is 4. The first-order valence-corrected chi connectivity index (χ1v) is 15.9. The fourth-order valence-corrected chi connectivity index (χ4v) is 5.95. The van der Waals surface area contributed by atoms with Crippen molar-refractivity contribution in [1.29, 1.82) is 0 Å². The van der Waals surface area contributed by atoms with Gasteiger partial charge in [-0.1, -0.05) is 72.8 Å². The van der Waals surface area contributed by atoms with Crippen molar-refractivity contribution in [1.82, 2.24) is 9.97 Å². The third-order valence-electron chi connectivity index (χ3n) is 8.46. The molecule has 0 bridgehead atoms. The van der Waals surface area contributed by atoms with E-state index >= 15 is 0 Å². The Morgan fingerprint density at radius 2 is 1.35 bits per heavy atom. The molecule has 1 amide bonds. The summed E-state index contributed by atoms with van der Waals surface area (Å²) in [5.74, 6) is 1.81. The fraction of sp³-hybridized carbons (Fsp3) is 0.237. The van der Waals surface area contributed by atoms with E-state index in [1.165, 1.54) is 6.33 Å². The highest BCUT2D eigenvalue weighted by atomic mass is 16.6. The molecule has 1 saturated heterocycles. The second-order valence-electron chi connectivity index (χ2n) is 11.4. The molecule has 1 aliphatic heterocycles. The van der Waals surface area contributed by atoms with E-state index in [0.29, 0.717) is 18.0 Å². The molecule has 10 heteroatoms. The predicted octanol–water partition coefficient (Wildman–Crippen LogP) is 6.64. The van der Waals surface area contributed by atoms with Crippen LogP contribution in [-0.2, 0) is 15.1 Å². The van der Waals surface area contributed by atoms with Crippen LogP contribution in [0.2, 0.25) is 0 Å². The summed E-state index contributed by atoms with van der Waals surface area (Å²) in [6, 6.07) is 35.0. The Morgan fingerprint density at radius 1 is 0.792 bits per heavy atom. The maximum Gasteiger partial charge on any atom is 0.256 e. The van der Waals surface area contributed by atoms with Gasteiger partial charge in [-0.2, -0.15) is 0 Å². The van der Waals surface area contributed by atoms with E-state index < -0.39 is 5.60 Å². The molecule has 0 saturated carbocycles. The Labute approximate surface area is 280 Å². The molecule has 4 N–H and O–H groups in total. The first-order chi connectivity index (χ1) is 23.5. The summed E-state index contributed by atoms with van der Waals surface area (Å²) >= 11 is 0. The van der Waals surface area contributed by atoms with Gasteiger partial charge in [0, 0.05) is 5.56 Å². The SMILES string of the molecule is COc1ccc(C(OC[C@@H]2CCC[C@H](Nc3ncnc(NC(=O)c4ccccc4)c3N)O2)(c2ccccc2)c2ccc(OC)cc2)cc1. The van der Waals surface area contributed by atoms with Crippen LogP contribution < -0.4 is 25.8 Å². The molecule has 2 heterocycles. The van der Waals surface area contributed by atoms with E-state index in [4.69, 9.17) is 24.7 Å². The van der Waals surface area contributed by atoms with Gasteiger partial charge in [-0.15, -0.1) is 0 Å². The molecule has 48 heavy (non-hydrogen) atoms. The minimum Gasteiger partial charge on any atom is -0.497 e. The van der Waals surface area contributed by atoms with Crippen molar-refractivity contribution < 1.29 is 23.7 Å². The second kappa shape index (κ2) is 15.0. The third-order valence-corrected chi connectivity index (χ3v) is 8.46. The maximum absolute atomic E-state index is 12.7. The van der Waals surface area contributed by atoms with Gasteiger partial charge in [0.15, 0.2) is 11.6 Å². The van der Waals surface area contributed by atoms with Gasteiger partial charge in [-0.25, -0.2) is 9.97 Å². The molecule has 5 aromatic rings. The molecule has 1 aromatic heterocycles. The first-order valence-electron chi connectivity index (χ1n) is 15.9. The molecule has 0 radical (unpaired) electrons. The van der Waals surface area contributed by atoms with Crippen LogP contribution in [0, 0.1) is 0 Å². The molecule has 0 aliphatic carbocycles. The van der Waals surface area contributed by atoms with Crippen LogP contribution in [0.4, 0.5) is 17.3 Å². The summed E-state index contributed by atoms with van der Waals surface area (Å²) in [6.45, 7) is 0.308.